The second-order valence-electron chi connectivity index (χ2n) is 7.86. The normalized spacial score (nSPS) is 15.9. The summed E-state index contributed by atoms with van der Waals surface area (Å²) in [6, 6.07) is 13.6. The molecule has 1 aliphatic rings. The summed E-state index contributed by atoms with van der Waals surface area (Å²) in [5, 5.41) is 13.4. The van der Waals surface area contributed by atoms with Crippen molar-refractivity contribution in [1.29, 1.82) is 0 Å². The second kappa shape index (κ2) is 9.31. The number of phenolic OH excluding ortho intramolecular Hbond substituents is 1. The number of amides is 2. The van der Waals surface area contributed by atoms with Crippen LogP contribution in [0.4, 0.5) is 0 Å². The molecule has 0 bridgehead atoms. The van der Waals surface area contributed by atoms with E-state index in [2.05, 4.69) is 5.32 Å². The fourth-order valence-electron chi connectivity index (χ4n) is 3.76. The zero-order valence-electron chi connectivity index (χ0n) is 16.8. The number of carbonyl (C=O) groups excluding carboxylic acids is 2. The van der Waals surface area contributed by atoms with Crippen molar-refractivity contribution in [3.8, 4) is 5.75 Å². The third-order valence-corrected chi connectivity index (χ3v) is 5.77. The minimum atomic E-state index is -0.630. The average Bonchev–Trinajstić information content (AvgIpc) is 2.72. The zero-order chi connectivity index (χ0) is 21.0. The Bertz CT molecular complexity index is 859. The molecule has 5 nitrogen and oxygen atoms in total. The van der Waals surface area contributed by atoms with Crippen LogP contribution in [0.2, 0.25) is 5.02 Å². The zero-order valence-corrected chi connectivity index (χ0v) is 17.5. The van der Waals surface area contributed by atoms with Crippen molar-refractivity contribution in [2.75, 3.05) is 13.1 Å². The van der Waals surface area contributed by atoms with E-state index < -0.39 is 11.9 Å². The number of rotatable bonds is 5. The van der Waals surface area contributed by atoms with E-state index in [1.165, 1.54) is 11.6 Å². The van der Waals surface area contributed by atoms with Crippen molar-refractivity contribution >= 4 is 23.4 Å². The lowest BCUT2D eigenvalue weighted by Crippen LogP contribution is -2.52. The molecule has 1 atom stereocenters. The number of carbonyl (C=O) groups is 2. The van der Waals surface area contributed by atoms with Crippen LogP contribution < -0.4 is 5.32 Å². The highest BCUT2D eigenvalue weighted by atomic mass is 35.5. The molecule has 2 amide bonds. The first-order valence-electron chi connectivity index (χ1n) is 10.00. The summed E-state index contributed by atoms with van der Waals surface area (Å²) in [6.45, 7) is 5.13. The van der Waals surface area contributed by atoms with Gasteiger partial charge in [-0.05, 0) is 54.5 Å². The van der Waals surface area contributed by atoms with Gasteiger partial charge in [-0.15, -0.1) is 0 Å². The summed E-state index contributed by atoms with van der Waals surface area (Å²) in [6.07, 6.45) is 1.76. The number of nitrogens with zero attached hydrogens (tertiary/aromatic N) is 1. The Labute approximate surface area is 176 Å². The summed E-state index contributed by atoms with van der Waals surface area (Å²) >= 11 is 5.97. The van der Waals surface area contributed by atoms with Gasteiger partial charge in [0.05, 0.1) is 5.56 Å². The lowest BCUT2D eigenvalue weighted by molar-refractivity contribution is -0.135. The van der Waals surface area contributed by atoms with E-state index in [1.54, 1.807) is 18.2 Å². The fourth-order valence-corrected chi connectivity index (χ4v) is 3.89. The Kier molecular flexibility index (Phi) is 6.80. The molecular formula is C23H27ClN2O3. The van der Waals surface area contributed by atoms with Crippen molar-refractivity contribution in [2.24, 2.45) is 5.92 Å². The third kappa shape index (κ3) is 5.10. The number of likely N-dealkylation sites (tertiary alicyclic amines) is 1. The fraction of sp³-hybridized carbons (Fsp3) is 0.391. The standard InChI is InChI=1S/C23H27ClN2O3/c1-15(2)21(25-22(28)19-5-3-4-6-20(19)27)23(29)26-13-11-17(12-14-26)16-7-9-18(24)10-8-16/h3-10,15,17,21,27H,11-14H2,1-2H3,(H,25,28)/t21-/m1/s1. The largest absolute Gasteiger partial charge is 0.507 e. The van der Waals surface area contributed by atoms with Gasteiger partial charge in [-0.25, -0.2) is 0 Å². The first-order valence-corrected chi connectivity index (χ1v) is 10.4. The molecule has 0 aliphatic carbocycles. The van der Waals surface area contributed by atoms with Crippen LogP contribution in [0.3, 0.4) is 0 Å². The van der Waals surface area contributed by atoms with Crippen molar-refractivity contribution in [3.63, 3.8) is 0 Å². The van der Waals surface area contributed by atoms with Crippen LogP contribution in [0.15, 0.2) is 48.5 Å². The molecule has 154 valence electrons. The molecule has 0 radical (unpaired) electrons. The van der Waals surface area contributed by atoms with E-state index >= 15 is 0 Å². The maximum atomic E-state index is 13.1. The Balaban J connectivity index is 1.63. The molecule has 2 aromatic rings. The van der Waals surface area contributed by atoms with Gasteiger partial charge in [0.2, 0.25) is 5.91 Å². The number of hydrogen-bond acceptors (Lipinski definition) is 3. The Hall–Kier alpha value is -2.53. The number of para-hydroxylation sites is 1. The molecule has 0 unspecified atom stereocenters. The number of aromatic hydroxyl groups is 1. The van der Waals surface area contributed by atoms with Crippen molar-refractivity contribution in [2.45, 2.75) is 38.6 Å². The number of phenols is 1. The molecule has 0 spiro atoms. The first-order chi connectivity index (χ1) is 13.9. The van der Waals surface area contributed by atoms with Crippen molar-refractivity contribution in [1.82, 2.24) is 10.2 Å². The number of halogens is 1. The smallest absolute Gasteiger partial charge is 0.255 e. The van der Waals surface area contributed by atoms with Crippen LogP contribution in [-0.4, -0.2) is 41.0 Å². The SMILES string of the molecule is CC(C)[C@@H](NC(=O)c1ccccc1O)C(=O)N1CCC(c2ccc(Cl)cc2)CC1. The van der Waals surface area contributed by atoms with Gasteiger partial charge in [-0.2, -0.15) is 0 Å². The van der Waals surface area contributed by atoms with Gasteiger partial charge < -0.3 is 15.3 Å². The lowest BCUT2D eigenvalue weighted by atomic mass is 9.89. The molecule has 1 aliphatic heterocycles. The van der Waals surface area contributed by atoms with E-state index in [4.69, 9.17) is 11.6 Å². The number of hydrogen-bond donors (Lipinski definition) is 2. The van der Waals surface area contributed by atoms with E-state index in [1.807, 2.05) is 43.0 Å². The van der Waals surface area contributed by atoms with Gasteiger partial charge in [-0.1, -0.05) is 49.7 Å². The molecule has 6 heteroatoms. The summed E-state index contributed by atoms with van der Waals surface area (Å²) in [5.41, 5.74) is 1.42. The van der Waals surface area contributed by atoms with Crippen molar-refractivity contribution in [3.05, 3.63) is 64.7 Å². The van der Waals surface area contributed by atoms with Gasteiger partial charge in [0.25, 0.3) is 5.91 Å². The van der Waals surface area contributed by atoms with Crippen LogP contribution in [-0.2, 0) is 4.79 Å². The number of piperidine rings is 1. The maximum absolute atomic E-state index is 13.1. The Morgan fingerprint density at radius 3 is 2.28 bits per heavy atom. The molecule has 29 heavy (non-hydrogen) atoms. The Morgan fingerprint density at radius 2 is 1.69 bits per heavy atom. The Morgan fingerprint density at radius 1 is 1.07 bits per heavy atom. The van der Waals surface area contributed by atoms with Gasteiger partial charge in [-0.3, -0.25) is 9.59 Å². The highest BCUT2D eigenvalue weighted by molar-refractivity contribution is 6.30. The maximum Gasteiger partial charge on any atom is 0.255 e. The molecule has 3 rings (SSSR count). The highest BCUT2D eigenvalue weighted by Crippen LogP contribution is 2.29. The van der Waals surface area contributed by atoms with E-state index in [9.17, 15) is 14.7 Å². The predicted octanol–water partition coefficient (Wildman–Crippen LogP) is 4.21. The van der Waals surface area contributed by atoms with Gasteiger partial charge in [0.15, 0.2) is 0 Å². The quantitative estimate of drug-likeness (QED) is 0.770. The van der Waals surface area contributed by atoms with Crippen LogP contribution in [0, 0.1) is 5.92 Å². The molecule has 0 aromatic heterocycles. The van der Waals surface area contributed by atoms with E-state index in [0.717, 1.165) is 17.9 Å². The topological polar surface area (TPSA) is 69.6 Å². The molecule has 1 fully saturated rings. The van der Waals surface area contributed by atoms with Crippen LogP contribution in [0.1, 0.15) is 48.5 Å². The first kappa shape index (κ1) is 21.2. The summed E-state index contributed by atoms with van der Waals surface area (Å²) in [5.74, 6) is -0.260. The van der Waals surface area contributed by atoms with E-state index in [-0.39, 0.29) is 23.1 Å². The molecule has 1 saturated heterocycles. The monoisotopic (exact) mass is 414 g/mol. The molecule has 2 aromatic carbocycles. The van der Waals surface area contributed by atoms with Crippen LogP contribution >= 0.6 is 11.6 Å². The van der Waals surface area contributed by atoms with Gasteiger partial charge in [0.1, 0.15) is 11.8 Å². The van der Waals surface area contributed by atoms with Gasteiger partial charge in [0, 0.05) is 18.1 Å². The summed E-state index contributed by atoms with van der Waals surface area (Å²) in [7, 11) is 0. The third-order valence-electron chi connectivity index (χ3n) is 5.52. The van der Waals surface area contributed by atoms with E-state index in [0.29, 0.717) is 19.0 Å². The number of benzene rings is 2. The minimum Gasteiger partial charge on any atom is -0.507 e. The minimum absolute atomic E-state index is 0.0636. The molecular weight excluding hydrogens is 388 g/mol. The van der Waals surface area contributed by atoms with Gasteiger partial charge >= 0.3 is 0 Å². The lowest BCUT2D eigenvalue weighted by Gasteiger charge is -2.35. The predicted molar refractivity (Wildman–Crippen MR) is 114 cm³/mol. The van der Waals surface area contributed by atoms with Crippen LogP contribution in [0.5, 0.6) is 5.75 Å². The summed E-state index contributed by atoms with van der Waals surface area (Å²) < 4.78 is 0. The highest BCUT2D eigenvalue weighted by Gasteiger charge is 2.32. The molecule has 1 heterocycles. The van der Waals surface area contributed by atoms with Crippen molar-refractivity contribution < 1.29 is 14.7 Å². The molecule has 2 N–H and O–H groups in total. The van der Waals surface area contributed by atoms with Crippen LogP contribution in [0.25, 0.3) is 0 Å². The molecule has 0 saturated carbocycles. The number of nitrogens with one attached hydrogen (secondary N) is 1. The second-order valence-corrected chi connectivity index (χ2v) is 8.30. The average molecular weight is 415 g/mol. The summed E-state index contributed by atoms with van der Waals surface area (Å²) in [4.78, 5) is 27.5.